The maximum atomic E-state index is 12.4. The van der Waals surface area contributed by atoms with Crippen molar-refractivity contribution in [1.82, 2.24) is 4.57 Å². The van der Waals surface area contributed by atoms with Crippen LogP contribution in [0.15, 0.2) is 41.4 Å². The highest BCUT2D eigenvalue weighted by molar-refractivity contribution is 7.16. The van der Waals surface area contributed by atoms with Crippen molar-refractivity contribution >= 4 is 33.5 Å². The molecule has 1 amide bonds. The molecule has 2 aromatic carbocycles. The molecule has 2 aliphatic heterocycles. The maximum Gasteiger partial charge on any atom is 0.272 e. The fraction of sp³-hybridized carbons (Fsp3) is 0.143. The number of benzene rings is 2. The zero-order valence-corrected chi connectivity index (χ0v) is 15.9. The van der Waals surface area contributed by atoms with Gasteiger partial charge in [0.05, 0.1) is 16.8 Å². The lowest BCUT2D eigenvalue weighted by Crippen LogP contribution is -2.15. The topological polar surface area (TPSA) is 71.3 Å². The second-order valence-electron chi connectivity index (χ2n) is 6.24. The number of hydrogen-bond donors (Lipinski definition) is 0. The van der Waals surface area contributed by atoms with Crippen molar-refractivity contribution in [1.29, 1.82) is 0 Å². The van der Waals surface area contributed by atoms with Gasteiger partial charge in [-0.3, -0.25) is 4.79 Å². The quantitative estimate of drug-likeness (QED) is 0.494. The van der Waals surface area contributed by atoms with E-state index in [1.54, 1.807) is 12.1 Å². The molecule has 144 valence electrons. The zero-order chi connectivity index (χ0) is 19.8. The summed E-state index contributed by atoms with van der Waals surface area (Å²) in [4.78, 5) is 17.2. The van der Waals surface area contributed by atoms with Crippen LogP contribution >= 0.6 is 11.3 Å². The molecule has 0 radical (unpaired) electrons. The number of carbonyl (C=O) groups excluding carboxylic acids is 1. The molecule has 8 heteroatoms. The molecule has 0 N–H and O–H groups in total. The predicted molar refractivity (Wildman–Crippen MR) is 107 cm³/mol. The summed E-state index contributed by atoms with van der Waals surface area (Å²) in [5.41, 5.74) is 1.67. The highest BCUT2D eigenvalue weighted by atomic mass is 32.1. The largest absolute Gasteiger partial charge is 0.454 e. The van der Waals surface area contributed by atoms with Crippen molar-refractivity contribution in [2.75, 3.05) is 13.6 Å². The lowest BCUT2D eigenvalue weighted by Gasteiger charge is -2.01. The van der Waals surface area contributed by atoms with Crippen LogP contribution in [0.5, 0.6) is 23.0 Å². The van der Waals surface area contributed by atoms with Gasteiger partial charge in [-0.05, 0) is 23.8 Å². The fourth-order valence-corrected chi connectivity index (χ4v) is 4.15. The third kappa shape index (κ3) is 3.22. The molecule has 3 aromatic rings. The second-order valence-corrected chi connectivity index (χ2v) is 7.25. The van der Waals surface area contributed by atoms with Gasteiger partial charge < -0.3 is 23.5 Å². The minimum absolute atomic E-state index is 0.197. The van der Waals surface area contributed by atoms with Crippen LogP contribution in [0.2, 0.25) is 0 Å². The van der Waals surface area contributed by atoms with Gasteiger partial charge in [-0.15, -0.1) is 6.42 Å². The third-order valence-electron chi connectivity index (χ3n) is 4.45. The Balaban J connectivity index is 1.48. The molecule has 0 fully saturated rings. The molecule has 0 spiro atoms. The first-order valence-electron chi connectivity index (χ1n) is 8.74. The molecule has 0 atom stereocenters. The number of hydrogen-bond acceptors (Lipinski definition) is 6. The van der Waals surface area contributed by atoms with Crippen LogP contribution in [0.4, 0.5) is 0 Å². The molecule has 0 unspecified atom stereocenters. The van der Waals surface area contributed by atoms with Gasteiger partial charge in [0.15, 0.2) is 27.8 Å². The number of carbonyl (C=O) groups is 1. The first-order chi connectivity index (χ1) is 14.2. The SMILES string of the molecule is C#CCn1c(=NC(=O)/C=C\c2ccc3c(c2)OCO3)sc2cc3c(cc21)OCO3. The molecule has 3 heterocycles. The Kier molecular flexibility index (Phi) is 4.22. The molecule has 0 saturated heterocycles. The first kappa shape index (κ1) is 17.4. The zero-order valence-electron chi connectivity index (χ0n) is 15.1. The molecule has 1 aromatic heterocycles. The van der Waals surface area contributed by atoms with E-state index in [4.69, 9.17) is 25.4 Å². The monoisotopic (exact) mass is 406 g/mol. The molecule has 0 saturated carbocycles. The van der Waals surface area contributed by atoms with Gasteiger partial charge in [0.1, 0.15) is 0 Å². The summed E-state index contributed by atoms with van der Waals surface area (Å²) in [5.74, 6) is 4.90. The number of terminal acetylenes is 1. The van der Waals surface area contributed by atoms with Crippen molar-refractivity contribution in [2.24, 2.45) is 4.99 Å². The first-order valence-corrected chi connectivity index (χ1v) is 9.56. The number of ether oxygens (including phenoxy) is 4. The Morgan fingerprint density at radius 1 is 1.10 bits per heavy atom. The Bertz CT molecular complexity index is 1280. The highest BCUT2D eigenvalue weighted by Crippen LogP contribution is 2.37. The molecule has 29 heavy (non-hydrogen) atoms. The normalized spacial score (nSPS) is 14.7. The summed E-state index contributed by atoms with van der Waals surface area (Å²) in [6.45, 7) is 0.692. The van der Waals surface area contributed by atoms with Gasteiger partial charge in [-0.2, -0.15) is 4.99 Å². The third-order valence-corrected chi connectivity index (χ3v) is 5.49. The predicted octanol–water partition coefficient (Wildman–Crippen LogP) is 2.93. The van der Waals surface area contributed by atoms with Crippen LogP contribution in [0.1, 0.15) is 5.56 Å². The summed E-state index contributed by atoms with van der Waals surface area (Å²) in [6.07, 6.45) is 8.61. The number of thiazole rings is 1. The summed E-state index contributed by atoms with van der Waals surface area (Å²) < 4.78 is 24.2. The van der Waals surface area contributed by atoms with Crippen LogP contribution < -0.4 is 23.7 Å². The maximum absolute atomic E-state index is 12.4. The van der Waals surface area contributed by atoms with Gasteiger partial charge in [0, 0.05) is 18.2 Å². The fourth-order valence-electron chi connectivity index (χ4n) is 3.10. The van der Waals surface area contributed by atoms with E-state index in [9.17, 15) is 4.79 Å². The van der Waals surface area contributed by atoms with E-state index in [1.807, 2.05) is 28.8 Å². The van der Waals surface area contributed by atoms with E-state index < -0.39 is 0 Å². The van der Waals surface area contributed by atoms with E-state index in [2.05, 4.69) is 10.9 Å². The van der Waals surface area contributed by atoms with Gasteiger partial charge in [0.2, 0.25) is 13.6 Å². The molecule has 5 rings (SSSR count). The molecular weight excluding hydrogens is 392 g/mol. The summed E-state index contributed by atoms with van der Waals surface area (Å²) in [6, 6.07) is 9.20. The van der Waals surface area contributed by atoms with Crippen molar-refractivity contribution in [3.63, 3.8) is 0 Å². The summed E-state index contributed by atoms with van der Waals surface area (Å²) in [7, 11) is 0. The Morgan fingerprint density at radius 2 is 1.83 bits per heavy atom. The van der Waals surface area contributed by atoms with E-state index in [-0.39, 0.29) is 26.0 Å². The van der Waals surface area contributed by atoms with E-state index in [0.29, 0.717) is 27.8 Å². The number of rotatable bonds is 3. The van der Waals surface area contributed by atoms with Crippen LogP contribution in [-0.4, -0.2) is 24.1 Å². The van der Waals surface area contributed by atoms with Crippen molar-refractivity contribution in [3.8, 4) is 35.3 Å². The van der Waals surface area contributed by atoms with Crippen molar-refractivity contribution < 1.29 is 23.7 Å². The Hall–Kier alpha value is -3.70. The minimum Gasteiger partial charge on any atom is -0.454 e. The van der Waals surface area contributed by atoms with Crippen LogP contribution in [0.25, 0.3) is 16.3 Å². The van der Waals surface area contributed by atoms with Crippen LogP contribution in [-0.2, 0) is 11.3 Å². The van der Waals surface area contributed by atoms with E-state index in [1.165, 1.54) is 17.4 Å². The standard InChI is InChI=1S/C21H14N2O5S/c1-2-7-23-14-9-17-18(28-12-27-17)10-19(14)29-21(23)22-20(24)6-4-13-3-5-15-16(8-13)26-11-25-15/h1,3-6,8-10H,7,11-12H2/b6-4-,22-21?. The van der Waals surface area contributed by atoms with Crippen molar-refractivity contribution in [2.45, 2.75) is 6.54 Å². The Morgan fingerprint density at radius 3 is 2.62 bits per heavy atom. The molecule has 0 aliphatic carbocycles. The van der Waals surface area contributed by atoms with E-state index >= 15 is 0 Å². The smallest absolute Gasteiger partial charge is 0.272 e. The van der Waals surface area contributed by atoms with Crippen LogP contribution in [0, 0.1) is 12.3 Å². The number of nitrogens with zero attached hydrogens (tertiary/aromatic N) is 2. The number of fused-ring (bicyclic) bond motifs is 3. The summed E-state index contributed by atoms with van der Waals surface area (Å²) in [5, 5.41) is 0. The lowest BCUT2D eigenvalue weighted by atomic mass is 10.2. The van der Waals surface area contributed by atoms with Crippen LogP contribution in [0.3, 0.4) is 0 Å². The Labute approximate surface area is 169 Å². The second kappa shape index (κ2) is 7.04. The van der Waals surface area contributed by atoms with E-state index in [0.717, 1.165) is 15.8 Å². The van der Waals surface area contributed by atoms with Gasteiger partial charge in [-0.1, -0.05) is 23.3 Å². The molecule has 0 bridgehead atoms. The molecule has 2 aliphatic rings. The summed E-state index contributed by atoms with van der Waals surface area (Å²) >= 11 is 1.37. The average Bonchev–Trinajstić information content (AvgIpc) is 3.43. The molecule has 7 nitrogen and oxygen atoms in total. The number of amides is 1. The van der Waals surface area contributed by atoms with Gasteiger partial charge in [0.25, 0.3) is 5.91 Å². The van der Waals surface area contributed by atoms with Crippen molar-refractivity contribution in [3.05, 3.63) is 46.8 Å². The average molecular weight is 406 g/mol. The molecular formula is C21H14N2O5S. The van der Waals surface area contributed by atoms with Gasteiger partial charge >= 0.3 is 0 Å². The minimum atomic E-state index is -0.389. The highest BCUT2D eigenvalue weighted by Gasteiger charge is 2.17. The lowest BCUT2D eigenvalue weighted by molar-refractivity contribution is -0.113. The van der Waals surface area contributed by atoms with Gasteiger partial charge in [-0.25, -0.2) is 0 Å². The number of aromatic nitrogens is 1.